The van der Waals surface area contributed by atoms with Gasteiger partial charge in [0.15, 0.2) is 5.78 Å². The van der Waals surface area contributed by atoms with Crippen LogP contribution in [0, 0.1) is 0 Å². The summed E-state index contributed by atoms with van der Waals surface area (Å²) in [5.41, 5.74) is 11.4. The van der Waals surface area contributed by atoms with Crippen molar-refractivity contribution in [2.45, 2.75) is 104 Å². The average molecular weight is 422 g/mol. The molecule has 31 heavy (non-hydrogen) atoms. The molecule has 2 rings (SSSR count). The maximum atomic E-state index is 13.3. The van der Waals surface area contributed by atoms with Crippen molar-refractivity contribution in [2.24, 2.45) is 0 Å². The summed E-state index contributed by atoms with van der Waals surface area (Å²) >= 11 is 0. The summed E-state index contributed by atoms with van der Waals surface area (Å²) in [6.07, 6.45) is 17.1. The molecule has 0 bridgehead atoms. The predicted molar refractivity (Wildman–Crippen MR) is 135 cm³/mol. The Morgan fingerprint density at radius 2 is 1.16 bits per heavy atom. The number of hydrogen-bond donors (Lipinski definition) is 1. The second-order valence-corrected chi connectivity index (χ2v) is 8.89. The molecule has 0 heterocycles. The maximum absolute atomic E-state index is 13.3. The van der Waals surface area contributed by atoms with Crippen LogP contribution in [0.4, 0.5) is 5.69 Å². The fourth-order valence-electron chi connectivity index (χ4n) is 4.41. The Morgan fingerprint density at radius 1 is 0.645 bits per heavy atom. The van der Waals surface area contributed by atoms with Crippen molar-refractivity contribution < 1.29 is 4.79 Å². The van der Waals surface area contributed by atoms with E-state index in [1.165, 1.54) is 75.3 Å². The lowest BCUT2D eigenvalue weighted by atomic mass is 9.88. The van der Waals surface area contributed by atoms with Crippen molar-refractivity contribution in [3.63, 3.8) is 0 Å². The number of anilines is 1. The zero-order chi connectivity index (χ0) is 22.3. The Balaban J connectivity index is 2.15. The lowest BCUT2D eigenvalue weighted by Crippen LogP contribution is -2.11. The maximum Gasteiger partial charge on any atom is 0.193 e. The Hall–Kier alpha value is -2.09. The molecular formula is C29H43NO. The highest BCUT2D eigenvalue weighted by atomic mass is 16.1. The summed E-state index contributed by atoms with van der Waals surface area (Å²) in [6.45, 7) is 4.51. The van der Waals surface area contributed by atoms with Gasteiger partial charge in [0.1, 0.15) is 0 Å². The smallest absolute Gasteiger partial charge is 0.193 e. The van der Waals surface area contributed by atoms with Gasteiger partial charge in [-0.05, 0) is 48.9 Å². The highest BCUT2D eigenvalue weighted by molar-refractivity contribution is 6.10. The van der Waals surface area contributed by atoms with Gasteiger partial charge in [0, 0.05) is 16.8 Å². The number of rotatable bonds is 16. The predicted octanol–water partition coefficient (Wildman–Crippen LogP) is 8.31. The minimum Gasteiger partial charge on any atom is -0.398 e. The van der Waals surface area contributed by atoms with E-state index in [4.69, 9.17) is 5.73 Å². The number of carbonyl (C=O) groups excluding carboxylic acids is 1. The van der Waals surface area contributed by atoms with Crippen molar-refractivity contribution in [2.75, 3.05) is 5.73 Å². The fraction of sp³-hybridized carbons (Fsp3) is 0.552. The first-order valence-electron chi connectivity index (χ1n) is 12.7. The fourth-order valence-corrected chi connectivity index (χ4v) is 4.41. The van der Waals surface area contributed by atoms with Crippen LogP contribution in [0.1, 0.15) is 118 Å². The zero-order valence-electron chi connectivity index (χ0n) is 19.9. The van der Waals surface area contributed by atoms with Crippen LogP contribution in [-0.4, -0.2) is 5.78 Å². The summed E-state index contributed by atoms with van der Waals surface area (Å²) < 4.78 is 0. The second kappa shape index (κ2) is 14.8. The molecule has 0 radical (unpaired) electrons. The Kier molecular flexibility index (Phi) is 12.0. The van der Waals surface area contributed by atoms with E-state index < -0.39 is 0 Å². The Morgan fingerprint density at radius 3 is 1.74 bits per heavy atom. The molecule has 0 unspecified atom stereocenters. The van der Waals surface area contributed by atoms with Gasteiger partial charge in [0.25, 0.3) is 0 Å². The van der Waals surface area contributed by atoms with Gasteiger partial charge in [-0.3, -0.25) is 4.79 Å². The van der Waals surface area contributed by atoms with Crippen molar-refractivity contribution in [3.05, 3.63) is 64.7 Å². The number of hydrogen-bond acceptors (Lipinski definition) is 2. The molecule has 170 valence electrons. The molecule has 2 N–H and O–H groups in total. The lowest BCUT2D eigenvalue weighted by Gasteiger charge is -2.17. The van der Waals surface area contributed by atoms with Gasteiger partial charge in [-0.25, -0.2) is 0 Å². The molecule has 0 aliphatic rings. The molecule has 2 nitrogen and oxygen atoms in total. The van der Waals surface area contributed by atoms with Crippen LogP contribution in [-0.2, 0) is 12.8 Å². The first-order chi connectivity index (χ1) is 15.2. The quantitative estimate of drug-likeness (QED) is 0.168. The third-order valence-electron chi connectivity index (χ3n) is 6.31. The topological polar surface area (TPSA) is 43.1 Å². The Bertz CT molecular complexity index is 766. The zero-order valence-corrected chi connectivity index (χ0v) is 19.9. The summed E-state index contributed by atoms with van der Waals surface area (Å²) in [7, 11) is 0. The van der Waals surface area contributed by atoms with Crippen LogP contribution in [0.2, 0.25) is 0 Å². The average Bonchev–Trinajstić information content (AvgIpc) is 2.80. The summed E-state index contributed by atoms with van der Waals surface area (Å²) in [6, 6.07) is 13.6. The molecular weight excluding hydrogens is 378 g/mol. The monoisotopic (exact) mass is 421 g/mol. The van der Waals surface area contributed by atoms with E-state index in [-0.39, 0.29) is 5.78 Å². The third kappa shape index (κ3) is 8.51. The largest absolute Gasteiger partial charge is 0.398 e. The van der Waals surface area contributed by atoms with Crippen molar-refractivity contribution >= 4 is 11.5 Å². The first-order valence-corrected chi connectivity index (χ1v) is 12.7. The van der Waals surface area contributed by atoms with E-state index in [0.29, 0.717) is 0 Å². The van der Waals surface area contributed by atoms with Gasteiger partial charge < -0.3 is 5.73 Å². The molecule has 0 saturated carbocycles. The first kappa shape index (κ1) is 25.2. The van der Waals surface area contributed by atoms with Gasteiger partial charge in [-0.2, -0.15) is 0 Å². The van der Waals surface area contributed by atoms with E-state index in [0.717, 1.165) is 42.5 Å². The molecule has 0 aliphatic heterocycles. The van der Waals surface area contributed by atoms with Crippen molar-refractivity contribution in [3.8, 4) is 0 Å². The molecule has 0 atom stereocenters. The SMILES string of the molecule is CCCCCCCCc1c(N)ccc(C(=O)c2ccccc2)c1CCCCCCCC. The number of ketones is 1. The molecule has 0 fully saturated rings. The number of benzene rings is 2. The minimum absolute atomic E-state index is 0.130. The van der Waals surface area contributed by atoms with Crippen LogP contribution in [0.25, 0.3) is 0 Å². The summed E-state index contributed by atoms with van der Waals surface area (Å²) in [4.78, 5) is 13.3. The molecule has 0 aliphatic carbocycles. The molecule has 0 aromatic heterocycles. The summed E-state index contributed by atoms with van der Waals surface area (Å²) in [5.74, 6) is 0.130. The molecule has 0 spiro atoms. The summed E-state index contributed by atoms with van der Waals surface area (Å²) in [5, 5.41) is 0. The third-order valence-corrected chi connectivity index (χ3v) is 6.31. The van der Waals surface area contributed by atoms with Gasteiger partial charge >= 0.3 is 0 Å². The van der Waals surface area contributed by atoms with Gasteiger partial charge in [0.2, 0.25) is 0 Å². The number of unbranched alkanes of at least 4 members (excludes halogenated alkanes) is 10. The van der Waals surface area contributed by atoms with E-state index >= 15 is 0 Å². The lowest BCUT2D eigenvalue weighted by molar-refractivity contribution is 0.103. The molecule has 2 aromatic carbocycles. The molecule has 2 aromatic rings. The van der Waals surface area contributed by atoms with E-state index in [1.54, 1.807) is 0 Å². The standard InChI is InChI=1S/C29H43NO/c1-3-5-7-9-11-16-20-25-26(21-17-12-10-8-6-4-2)28(30)23-22-27(25)29(31)24-18-14-13-15-19-24/h13-15,18-19,22-23H,3-12,16-17,20-21,30H2,1-2H3. The van der Waals surface area contributed by atoms with E-state index in [2.05, 4.69) is 13.8 Å². The second-order valence-electron chi connectivity index (χ2n) is 8.89. The minimum atomic E-state index is 0.130. The van der Waals surface area contributed by atoms with Gasteiger partial charge in [-0.15, -0.1) is 0 Å². The molecule has 2 heteroatoms. The Labute approximate surface area is 190 Å². The van der Waals surface area contributed by atoms with Crippen molar-refractivity contribution in [1.29, 1.82) is 0 Å². The normalized spacial score (nSPS) is 11.0. The van der Waals surface area contributed by atoms with Crippen LogP contribution >= 0.6 is 0 Å². The van der Waals surface area contributed by atoms with Gasteiger partial charge in [-0.1, -0.05) is 108 Å². The van der Waals surface area contributed by atoms with Crippen LogP contribution in [0.15, 0.2) is 42.5 Å². The number of nitrogen functional groups attached to an aromatic ring is 1. The van der Waals surface area contributed by atoms with Gasteiger partial charge in [0.05, 0.1) is 0 Å². The van der Waals surface area contributed by atoms with Crippen LogP contribution in [0.5, 0.6) is 0 Å². The van der Waals surface area contributed by atoms with E-state index in [9.17, 15) is 4.79 Å². The highest BCUT2D eigenvalue weighted by Crippen LogP contribution is 2.28. The van der Waals surface area contributed by atoms with Crippen LogP contribution < -0.4 is 5.73 Å². The molecule has 0 amide bonds. The van der Waals surface area contributed by atoms with Crippen molar-refractivity contribution in [1.82, 2.24) is 0 Å². The number of nitrogens with two attached hydrogens (primary N) is 1. The highest BCUT2D eigenvalue weighted by Gasteiger charge is 2.18. The van der Waals surface area contributed by atoms with E-state index in [1.807, 2.05) is 42.5 Å². The number of carbonyl (C=O) groups is 1. The molecule has 0 saturated heterocycles. The van der Waals surface area contributed by atoms with Crippen LogP contribution in [0.3, 0.4) is 0 Å².